The first-order valence-corrected chi connectivity index (χ1v) is 4.51. The molecular weight excluding hydrogens is 188 g/mol. The SMILES string of the molecule is CCNC(=O)CCn1cn[nH]c1=S. The van der Waals surface area contributed by atoms with Crippen LogP contribution in [0.5, 0.6) is 0 Å². The second-order valence-electron chi connectivity index (χ2n) is 2.56. The lowest BCUT2D eigenvalue weighted by Crippen LogP contribution is -2.23. The second-order valence-corrected chi connectivity index (χ2v) is 2.95. The van der Waals surface area contributed by atoms with Crippen molar-refractivity contribution < 1.29 is 4.79 Å². The minimum absolute atomic E-state index is 0.0330. The molecule has 0 spiro atoms. The number of aryl methyl sites for hydroxylation is 1. The van der Waals surface area contributed by atoms with Gasteiger partial charge in [-0.1, -0.05) is 0 Å². The Kier molecular flexibility index (Phi) is 3.63. The average Bonchev–Trinajstić information content (AvgIpc) is 2.48. The van der Waals surface area contributed by atoms with Crippen LogP contribution in [0.1, 0.15) is 13.3 Å². The number of aromatic amines is 1. The highest BCUT2D eigenvalue weighted by Crippen LogP contribution is 1.91. The molecule has 6 heteroatoms. The summed E-state index contributed by atoms with van der Waals surface area (Å²) in [5.74, 6) is 0.0330. The smallest absolute Gasteiger partial charge is 0.221 e. The lowest BCUT2D eigenvalue weighted by Gasteiger charge is -2.01. The maximum atomic E-state index is 11.1. The molecule has 1 amide bonds. The fraction of sp³-hybridized carbons (Fsp3) is 0.571. The molecule has 0 radical (unpaired) electrons. The van der Waals surface area contributed by atoms with Crippen LogP contribution < -0.4 is 5.32 Å². The lowest BCUT2D eigenvalue weighted by molar-refractivity contribution is -0.121. The van der Waals surface area contributed by atoms with Crippen LogP contribution in [-0.2, 0) is 11.3 Å². The molecule has 1 rings (SSSR count). The van der Waals surface area contributed by atoms with Gasteiger partial charge in [0.1, 0.15) is 6.33 Å². The molecule has 0 aliphatic carbocycles. The second kappa shape index (κ2) is 4.76. The number of hydrogen-bond acceptors (Lipinski definition) is 3. The Bertz CT molecular complexity index is 329. The molecule has 0 fully saturated rings. The van der Waals surface area contributed by atoms with Crippen LogP contribution in [-0.4, -0.2) is 27.2 Å². The number of hydrogen-bond donors (Lipinski definition) is 2. The number of amides is 1. The van der Waals surface area contributed by atoms with E-state index in [0.717, 1.165) is 0 Å². The van der Waals surface area contributed by atoms with E-state index in [9.17, 15) is 4.79 Å². The zero-order valence-corrected chi connectivity index (χ0v) is 8.23. The van der Waals surface area contributed by atoms with Crippen LogP contribution in [0, 0.1) is 4.77 Å². The molecule has 0 saturated carbocycles. The van der Waals surface area contributed by atoms with Crippen LogP contribution in [0.3, 0.4) is 0 Å². The summed E-state index contributed by atoms with van der Waals surface area (Å²) in [6.07, 6.45) is 2.02. The van der Waals surface area contributed by atoms with Crippen LogP contribution in [0.15, 0.2) is 6.33 Å². The molecule has 1 aromatic rings. The molecule has 72 valence electrons. The largest absolute Gasteiger partial charge is 0.356 e. The van der Waals surface area contributed by atoms with E-state index in [1.54, 1.807) is 10.9 Å². The summed E-state index contributed by atoms with van der Waals surface area (Å²) in [4.78, 5) is 11.1. The summed E-state index contributed by atoms with van der Waals surface area (Å²) in [7, 11) is 0. The number of rotatable bonds is 4. The van der Waals surface area contributed by atoms with Gasteiger partial charge in [-0.15, -0.1) is 0 Å². The van der Waals surface area contributed by atoms with E-state index < -0.39 is 0 Å². The summed E-state index contributed by atoms with van der Waals surface area (Å²) in [5, 5.41) is 9.08. The Morgan fingerprint density at radius 1 is 1.85 bits per heavy atom. The van der Waals surface area contributed by atoms with Crippen LogP contribution in [0.2, 0.25) is 0 Å². The van der Waals surface area contributed by atoms with Gasteiger partial charge < -0.3 is 9.88 Å². The van der Waals surface area contributed by atoms with E-state index in [0.29, 0.717) is 24.3 Å². The van der Waals surface area contributed by atoms with Gasteiger partial charge in [0, 0.05) is 19.5 Å². The van der Waals surface area contributed by atoms with Gasteiger partial charge in [0.05, 0.1) is 0 Å². The Hall–Kier alpha value is -1.17. The minimum Gasteiger partial charge on any atom is -0.356 e. The quantitative estimate of drug-likeness (QED) is 0.694. The first-order valence-electron chi connectivity index (χ1n) is 4.10. The number of carbonyl (C=O) groups excluding carboxylic acids is 1. The third kappa shape index (κ3) is 2.98. The zero-order chi connectivity index (χ0) is 9.68. The zero-order valence-electron chi connectivity index (χ0n) is 7.41. The Morgan fingerprint density at radius 2 is 2.62 bits per heavy atom. The Balaban J connectivity index is 2.39. The van der Waals surface area contributed by atoms with Gasteiger partial charge in [-0.3, -0.25) is 9.89 Å². The Morgan fingerprint density at radius 3 is 3.15 bits per heavy atom. The van der Waals surface area contributed by atoms with E-state index in [2.05, 4.69) is 15.5 Å². The molecule has 0 bridgehead atoms. The third-order valence-electron chi connectivity index (χ3n) is 1.57. The molecule has 0 atom stereocenters. The molecular formula is C7H12N4OS. The molecule has 2 N–H and O–H groups in total. The number of nitrogens with zero attached hydrogens (tertiary/aromatic N) is 2. The van der Waals surface area contributed by atoms with Crippen molar-refractivity contribution in [2.24, 2.45) is 0 Å². The van der Waals surface area contributed by atoms with Crippen molar-refractivity contribution in [3.8, 4) is 0 Å². The fourth-order valence-corrected chi connectivity index (χ4v) is 1.13. The minimum atomic E-state index is 0.0330. The summed E-state index contributed by atoms with van der Waals surface area (Å²) < 4.78 is 2.27. The molecule has 0 aliphatic heterocycles. The molecule has 1 heterocycles. The van der Waals surface area contributed by atoms with Gasteiger partial charge in [-0.2, -0.15) is 5.10 Å². The maximum Gasteiger partial charge on any atom is 0.221 e. The van der Waals surface area contributed by atoms with Crippen molar-refractivity contribution in [3.63, 3.8) is 0 Å². The van der Waals surface area contributed by atoms with E-state index in [4.69, 9.17) is 12.2 Å². The van der Waals surface area contributed by atoms with Crippen molar-refractivity contribution in [2.45, 2.75) is 19.9 Å². The van der Waals surface area contributed by atoms with E-state index >= 15 is 0 Å². The highest BCUT2D eigenvalue weighted by atomic mass is 32.1. The van der Waals surface area contributed by atoms with Crippen molar-refractivity contribution in [1.29, 1.82) is 0 Å². The van der Waals surface area contributed by atoms with Gasteiger partial charge in [0.25, 0.3) is 0 Å². The predicted molar refractivity (Wildman–Crippen MR) is 50.7 cm³/mol. The highest BCUT2D eigenvalue weighted by molar-refractivity contribution is 7.71. The first kappa shape index (κ1) is 9.91. The molecule has 0 aromatic carbocycles. The number of H-pyrrole nitrogens is 1. The van der Waals surface area contributed by atoms with E-state index in [1.807, 2.05) is 6.92 Å². The standard InChI is InChI=1S/C7H12N4OS/c1-2-8-6(12)3-4-11-5-9-10-7(11)13/h5H,2-4H2,1H3,(H,8,12)(H,10,13). The maximum absolute atomic E-state index is 11.1. The first-order chi connectivity index (χ1) is 6.24. The van der Waals surface area contributed by atoms with Crippen molar-refractivity contribution in [1.82, 2.24) is 20.1 Å². The van der Waals surface area contributed by atoms with Crippen LogP contribution in [0.4, 0.5) is 0 Å². The molecule has 0 unspecified atom stereocenters. The summed E-state index contributed by atoms with van der Waals surface area (Å²) in [5.41, 5.74) is 0. The molecule has 5 nitrogen and oxygen atoms in total. The third-order valence-corrected chi connectivity index (χ3v) is 1.90. The average molecular weight is 200 g/mol. The number of aromatic nitrogens is 3. The predicted octanol–water partition coefficient (Wildman–Crippen LogP) is 0.467. The molecule has 0 saturated heterocycles. The number of nitrogens with one attached hydrogen (secondary N) is 2. The fourth-order valence-electron chi connectivity index (χ4n) is 0.937. The topological polar surface area (TPSA) is 62.7 Å². The van der Waals surface area contributed by atoms with E-state index in [-0.39, 0.29) is 5.91 Å². The van der Waals surface area contributed by atoms with Crippen molar-refractivity contribution >= 4 is 18.1 Å². The van der Waals surface area contributed by atoms with Crippen molar-refractivity contribution in [3.05, 3.63) is 11.1 Å². The highest BCUT2D eigenvalue weighted by Gasteiger charge is 2.00. The van der Waals surface area contributed by atoms with Crippen LogP contribution in [0.25, 0.3) is 0 Å². The molecule has 0 aliphatic rings. The lowest BCUT2D eigenvalue weighted by atomic mass is 10.4. The van der Waals surface area contributed by atoms with Gasteiger partial charge in [0.15, 0.2) is 4.77 Å². The van der Waals surface area contributed by atoms with Crippen LogP contribution >= 0.6 is 12.2 Å². The monoisotopic (exact) mass is 200 g/mol. The summed E-state index contributed by atoms with van der Waals surface area (Å²) >= 11 is 4.92. The van der Waals surface area contributed by atoms with Gasteiger partial charge >= 0.3 is 0 Å². The summed E-state index contributed by atoms with van der Waals surface area (Å²) in [6.45, 7) is 3.12. The molecule has 1 aromatic heterocycles. The summed E-state index contributed by atoms with van der Waals surface area (Å²) in [6, 6.07) is 0. The number of carbonyl (C=O) groups is 1. The molecule has 13 heavy (non-hydrogen) atoms. The Labute approximate surface area is 81.2 Å². The van der Waals surface area contributed by atoms with Gasteiger partial charge in [-0.25, -0.2) is 0 Å². The van der Waals surface area contributed by atoms with E-state index in [1.165, 1.54) is 0 Å². The van der Waals surface area contributed by atoms with Gasteiger partial charge in [-0.05, 0) is 19.1 Å². The van der Waals surface area contributed by atoms with Gasteiger partial charge in [0.2, 0.25) is 5.91 Å². The normalized spacial score (nSPS) is 9.92. The van der Waals surface area contributed by atoms with Crippen molar-refractivity contribution in [2.75, 3.05) is 6.54 Å².